The van der Waals surface area contributed by atoms with E-state index in [-0.39, 0.29) is 5.91 Å². The number of aromatic nitrogens is 1. The van der Waals surface area contributed by atoms with E-state index in [9.17, 15) is 9.59 Å². The summed E-state index contributed by atoms with van der Waals surface area (Å²) in [5, 5.41) is 7.13. The highest BCUT2D eigenvalue weighted by atomic mass is 32.1. The number of rotatable bonds is 6. The number of anilines is 1. The monoisotopic (exact) mass is 325 g/mol. The van der Waals surface area contributed by atoms with Crippen LogP contribution in [0.2, 0.25) is 0 Å². The SMILES string of the molecule is O=Cc1cccc(C(=O)NCCNc2nsc3ccccc23)c1. The lowest BCUT2D eigenvalue weighted by Gasteiger charge is -2.07. The summed E-state index contributed by atoms with van der Waals surface area (Å²) in [6.45, 7) is 1.04. The Kier molecular flexibility index (Phi) is 4.63. The molecule has 6 heteroatoms. The first kappa shape index (κ1) is 15.2. The van der Waals surface area contributed by atoms with Crippen LogP contribution in [0.15, 0.2) is 48.5 Å². The van der Waals surface area contributed by atoms with Crippen molar-refractivity contribution in [3.8, 4) is 0 Å². The van der Waals surface area contributed by atoms with Gasteiger partial charge in [0.25, 0.3) is 5.91 Å². The smallest absolute Gasteiger partial charge is 0.251 e. The molecule has 0 aliphatic rings. The number of carbonyl (C=O) groups is 2. The fourth-order valence-corrected chi connectivity index (χ4v) is 2.98. The van der Waals surface area contributed by atoms with Gasteiger partial charge in [-0.1, -0.05) is 24.3 Å². The highest BCUT2D eigenvalue weighted by Gasteiger charge is 2.07. The van der Waals surface area contributed by atoms with Gasteiger partial charge in [0.2, 0.25) is 0 Å². The summed E-state index contributed by atoms with van der Waals surface area (Å²) in [5.74, 6) is 0.640. The number of benzene rings is 2. The highest BCUT2D eigenvalue weighted by Crippen LogP contribution is 2.25. The van der Waals surface area contributed by atoms with Crippen molar-refractivity contribution in [1.82, 2.24) is 9.69 Å². The van der Waals surface area contributed by atoms with Gasteiger partial charge >= 0.3 is 0 Å². The van der Waals surface area contributed by atoms with Crippen molar-refractivity contribution in [2.24, 2.45) is 0 Å². The second-order valence-electron chi connectivity index (χ2n) is 4.95. The number of aldehydes is 1. The molecule has 0 atom stereocenters. The molecule has 3 rings (SSSR count). The molecular weight excluding hydrogens is 310 g/mol. The van der Waals surface area contributed by atoms with E-state index in [4.69, 9.17) is 0 Å². The number of carbonyl (C=O) groups excluding carboxylic acids is 2. The Labute approximate surface area is 137 Å². The van der Waals surface area contributed by atoms with Gasteiger partial charge in [0.1, 0.15) is 12.1 Å². The van der Waals surface area contributed by atoms with E-state index in [0.29, 0.717) is 24.2 Å². The summed E-state index contributed by atoms with van der Waals surface area (Å²) in [4.78, 5) is 22.8. The average molecular weight is 325 g/mol. The van der Waals surface area contributed by atoms with Gasteiger partial charge in [-0.05, 0) is 35.8 Å². The zero-order valence-corrected chi connectivity index (χ0v) is 13.1. The summed E-state index contributed by atoms with van der Waals surface area (Å²) in [6.07, 6.45) is 0.728. The zero-order valence-electron chi connectivity index (χ0n) is 12.3. The van der Waals surface area contributed by atoms with Gasteiger partial charge in [0.15, 0.2) is 0 Å². The van der Waals surface area contributed by atoms with E-state index in [1.807, 2.05) is 24.3 Å². The second-order valence-corrected chi connectivity index (χ2v) is 5.76. The Hall–Kier alpha value is -2.73. The molecule has 0 bridgehead atoms. The molecule has 0 spiro atoms. The third-order valence-corrected chi connectivity index (χ3v) is 4.19. The highest BCUT2D eigenvalue weighted by molar-refractivity contribution is 7.13. The Morgan fingerprint density at radius 3 is 2.87 bits per heavy atom. The molecule has 0 unspecified atom stereocenters. The summed E-state index contributed by atoms with van der Waals surface area (Å²) < 4.78 is 5.50. The fraction of sp³-hybridized carbons (Fsp3) is 0.118. The van der Waals surface area contributed by atoms with Crippen LogP contribution >= 0.6 is 11.5 Å². The number of nitrogens with one attached hydrogen (secondary N) is 2. The molecule has 1 aromatic heterocycles. The van der Waals surface area contributed by atoms with Crippen molar-refractivity contribution >= 4 is 39.6 Å². The quantitative estimate of drug-likeness (QED) is 0.540. The largest absolute Gasteiger partial charge is 0.367 e. The maximum Gasteiger partial charge on any atom is 0.251 e. The molecule has 0 saturated heterocycles. The molecule has 0 aliphatic carbocycles. The molecule has 2 aromatic carbocycles. The Morgan fingerprint density at radius 1 is 1.13 bits per heavy atom. The van der Waals surface area contributed by atoms with E-state index in [1.54, 1.807) is 24.3 Å². The minimum absolute atomic E-state index is 0.196. The first-order chi connectivity index (χ1) is 11.3. The lowest BCUT2D eigenvalue weighted by molar-refractivity contribution is 0.0955. The fourth-order valence-electron chi connectivity index (χ4n) is 2.23. The van der Waals surface area contributed by atoms with Crippen molar-refractivity contribution < 1.29 is 9.59 Å². The number of hydrogen-bond donors (Lipinski definition) is 2. The topological polar surface area (TPSA) is 71.1 Å². The minimum Gasteiger partial charge on any atom is -0.367 e. The predicted molar refractivity (Wildman–Crippen MR) is 92.3 cm³/mol. The van der Waals surface area contributed by atoms with Crippen molar-refractivity contribution in [3.05, 3.63) is 59.7 Å². The maximum absolute atomic E-state index is 12.0. The van der Waals surface area contributed by atoms with Crippen molar-refractivity contribution in [2.75, 3.05) is 18.4 Å². The third kappa shape index (κ3) is 3.54. The molecular formula is C17H15N3O2S. The summed E-state index contributed by atoms with van der Waals surface area (Å²) in [6, 6.07) is 14.6. The van der Waals surface area contributed by atoms with Gasteiger partial charge in [0, 0.05) is 29.6 Å². The van der Waals surface area contributed by atoms with Crippen LogP contribution in [0.1, 0.15) is 20.7 Å². The first-order valence-electron chi connectivity index (χ1n) is 7.19. The number of fused-ring (bicyclic) bond motifs is 1. The van der Waals surface area contributed by atoms with Crippen molar-refractivity contribution in [2.45, 2.75) is 0 Å². The Morgan fingerprint density at radius 2 is 2.00 bits per heavy atom. The number of nitrogens with zero attached hydrogens (tertiary/aromatic N) is 1. The van der Waals surface area contributed by atoms with Crippen LogP contribution in [-0.4, -0.2) is 29.7 Å². The molecule has 1 amide bonds. The lowest BCUT2D eigenvalue weighted by Crippen LogP contribution is -2.28. The van der Waals surface area contributed by atoms with Gasteiger partial charge in [-0.3, -0.25) is 9.59 Å². The maximum atomic E-state index is 12.0. The van der Waals surface area contributed by atoms with Crippen LogP contribution in [0.4, 0.5) is 5.82 Å². The van der Waals surface area contributed by atoms with Gasteiger partial charge in [-0.25, -0.2) is 0 Å². The average Bonchev–Trinajstić information content (AvgIpc) is 3.02. The third-order valence-electron chi connectivity index (χ3n) is 3.37. The normalized spacial score (nSPS) is 10.4. The number of amides is 1. The predicted octanol–water partition coefficient (Wildman–Crippen LogP) is 2.95. The van der Waals surface area contributed by atoms with Crippen LogP contribution in [0.3, 0.4) is 0 Å². The summed E-state index contributed by atoms with van der Waals surface area (Å²) in [5.41, 5.74) is 0.971. The Balaban J connectivity index is 1.53. The van der Waals surface area contributed by atoms with Crippen molar-refractivity contribution in [1.29, 1.82) is 0 Å². The molecule has 1 heterocycles. The van der Waals surface area contributed by atoms with Crippen LogP contribution < -0.4 is 10.6 Å². The van der Waals surface area contributed by atoms with E-state index in [2.05, 4.69) is 15.0 Å². The van der Waals surface area contributed by atoms with Gasteiger partial charge in [-0.15, -0.1) is 0 Å². The van der Waals surface area contributed by atoms with Gasteiger partial charge in [0.05, 0.1) is 4.70 Å². The van der Waals surface area contributed by atoms with E-state index in [0.717, 1.165) is 22.2 Å². The van der Waals surface area contributed by atoms with Gasteiger partial charge in [-0.2, -0.15) is 4.37 Å². The first-order valence-corrected chi connectivity index (χ1v) is 7.97. The van der Waals surface area contributed by atoms with Crippen LogP contribution in [0, 0.1) is 0 Å². The van der Waals surface area contributed by atoms with Crippen molar-refractivity contribution in [3.63, 3.8) is 0 Å². The van der Waals surface area contributed by atoms with Crippen LogP contribution in [0.25, 0.3) is 10.1 Å². The second kappa shape index (κ2) is 7.02. The molecule has 3 aromatic rings. The van der Waals surface area contributed by atoms with Gasteiger partial charge < -0.3 is 10.6 Å². The molecule has 116 valence electrons. The molecule has 23 heavy (non-hydrogen) atoms. The molecule has 0 fully saturated rings. The van der Waals surface area contributed by atoms with E-state index < -0.39 is 0 Å². The summed E-state index contributed by atoms with van der Waals surface area (Å²) >= 11 is 1.45. The van der Waals surface area contributed by atoms with Crippen LogP contribution in [0.5, 0.6) is 0 Å². The molecule has 2 N–H and O–H groups in total. The molecule has 5 nitrogen and oxygen atoms in total. The molecule has 0 saturated carbocycles. The minimum atomic E-state index is -0.196. The Bertz CT molecular complexity index is 844. The van der Waals surface area contributed by atoms with E-state index >= 15 is 0 Å². The van der Waals surface area contributed by atoms with Crippen LogP contribution in [-0.2, 0) is 0 Å². The zero-order chi connectivity index (χ0) is 16.1. The lowest BCUT2D eigenvalue weighted by atomic mass is 10.1. The van der Waals surface area contributed by atoms with E-state index in [1.165, 1.54) is 11.5 Å². The summed E-state index contributed by atoms with van der Waals surface area (Å²) in [7, 11) is 0. The molecule has 0 aliphatic heterocycles. The number of hydrogen-bond acceptors (Lipinski definition) is 5. The molecule has 0 radical (unpaired) electrons. The standard InChI is InChI=1S/C17H15N3O2S/c21-11-12-4-3-5-13(10-12)17(22)19-9-8-18-16-14-6-1-2-7-15(14)23-20-16/h1-7,10-11H,8-9H2,(H,18,20)(H,19,22).